The average Bonchev–Trinajstić information content (AvgIpc) is 3.19. The van der Waals surface area contributed by atoms with Crippen molar-refractivity contribution in [1.29, 1.82) is 0 Å². The summed E-state index contributed by atoms with van der Waals surface area (Å²) in [5, 5.41) is 13.8. The van der Waals surface area contributed by atoms with Crippen LogP contribution >= 0.6 is 7.82 Å². The lowest BCUT2D eigenvalue weighted by molar-refractivity contribution is -0.870. The average molecular weight is 856 g/mol. The molecule has 0 aromatic rings. The summed E-state index contributed by atoms with van der Waals surface area (Å²) < 4.78 is 23.6. The number of quaternary nitrogens is 1. The van der Waals surface area contributed by atoms with Gasteiger partial charge in [-0.05, 0) is 38.5 Å². The van der Waals surface area contributed by atoms with Crippen LogP contribution in [0, 0.1) is 0 Å². The van der Waals surface area contributed by atoms with Crippen molar-refractivity contribution < 1.29 is 32.9 Å². The number of unbranched alkanes of at least 4 members (excludes halogenated alkanes) is 31. The van der Waals surface area contributed by atoms with Crippen molar-refractivity contribution >= 4 is 13.7 Å². The highest BCUT2D eigenvalue weighted by Gasteiger charge is 2.27. The monoisotopic (exact) mass is 856 g/mol. The van der Waals surface area contributed by atoms with Gasteiger partial charge in [-0.15, -0.1) is 0 Å². The van der Waals surface area contributed by atoms with Gasteiger partial charge < -0.3 is 19.8 Å². The number of nitrogens with one attached hydrogen (secondary N) is 1. The highest BCUT2D eigenvalue weighted by Crippen LogP contribution is 2.43. The Labute approximate surface area is 366 Å². The number of carbonyl (C=O) groups is 1. The molecule has 3 atom stereocenters. The molecule has 350 valence electrons. The van der Waals surface area contributed by atoms with Crippen molar-refractivity contribution in [2.75, 3.05) is 40.9 Å². The summed E-state index contributed by atoms with van der Waals surface area (Å²) in [6.07, 6.45) is 51.4. The van der Waals surface area contributed by atoms with Crippen LogP contribution in [0.2, 0.25) is 0 Å². The van der Waals surface area contributed by atoms with Crippen LogP contribution in [-0.2, 0) is 18.4 Å². The number of allylic oxidation sites excluding steroid dienone is 3. The molecule has 0 saturated carbocycles. The van der Waals surface area contributed by atoms with E-state index in [1.54, 1.807) is 6.08 Å². The molecule has 0 rings (SSSR count). The van der Waals surface area contributed by atoms with Crippen molar-refractivity contribution in [2.24, 2.45) is 0 Å². The van der Waals surface area contributed by atoms with Gasteiger partial charge in [0.15, 0.2) is 0 Å². The fourth-order valence-electron chi connectivity index (χ4n) is 7.40. The maximum absolute atomic E-state index is 12.8. The molecule has 1 amide bonds. The number of hydrogen-bond donors (Lipinski definition) is 3. The zero-order valence-electron chi connectivity index (χ0n) is 39.8. The second kappa shape index (κ2) is 42.3. The second-order valence-corrected chi connectivity index (χ2v) is 20.0. The molecule has 0 aromatic carbocycles. The number of aliphatic hydroxyl groups is 1. The van der Waals surface area contributed by atoms with E-state index in [1.807, 2.05) is 27.2 Å². The van der Waals surface area contributed by atoms with E-state index in [1.165, 1.54) is 161 Å². The molecule has 8 nitrogen and oxygen atoms in total. The maximum atomic E-state index is 12.8. The summed E-state index contributed by atoms with van der Waals surface area (Å²) >= 11 is 0. The molecule has 59 heavy (non-hydrogen) atoms. The Kier molecular flexibility index (Phi) is 41.6. The van der Waals surface area contributed by atoms with Gasteiger partial charge in [0.25, 0.3) is 0 Å². The summed E-state index contributed by atoms with van der Waals surface area (Å²) in [5.74, 6) is -0.188. The van der Waals surface area contributed by atoms with Gasteiger partial charge in [-0.3, -0.25) is 13.8 Å². The number of aliphatic hydroxyl groups excluding tert-OH is 1. The van der Waals surface area contributed by atoms with Gasteiger partial charge in [0.2, 0.25) is 5.91 Å². The smallest absolute Gasteiger partial charge is 0.387 e. The van der Waals surface area contributed by atoms with E-state index in [4.69, 9.17) is 9.05 Å². The van der Waals surface area contributed by atoms with Gasteiger partial charge in [0, 0.05) is 6.42 Å². The number of hydrogen-bond acceptors (Lipinski definition) is 5. The summed E-state index contributed by atoms with van der Waals surface area (Å²) in [7, 11) is 1.57. The molecule has 0 aromatic heterocycles. The summed E-state index contributed by atoms with van der Waals surface area (Å²) in [6, 6.07) is -0.847. The number of phosphoric ester groups is 1. The maximum Gasteiger partial charge on any atom is 0.472 e. The highest BCUT2D eigenvalue weighted by atomic mass is 31.2. The summed E-state index contributed by atoms with van der Waals surface area (Å²) in [4.78, 5) is 23.1. The van der Waals surface area contributed by atoms with E-state index >= 15 is 0 Å². The molecule has 0 bridgehead atoms. The Morgan fingerprint density at radius 3 is 1.37 bits per heavy atom. The molecule has 3 unspecified atom stereocenters. The third-order valence-corrected chi connectivity index (χ3v) is 12.4. The van der Waals surface area contributed by atoms with E-state index in [0.717, 1.165) is 57.8 Å². The Hall–Kier alpha value is -1.02. The molecule has 0 aliphatic heterocycles. The molecular weight excluding hydrogens is 756 g/mol. The van der Waals surface area contributed by atoms with Gasteiger partial charge in [0.1, 0.15) is 13.2 Å². The van der Waals surface area contributed by atoms with Gasteiger partial charge in [0.05, 0.1) is 39.9 Å². The van der Waals surface area contributed by atoms with Crippen LogP contribution < -0.4 is 5.32 Å². The Morgan fingerprint density at radius 2 is 0.949 bits per heavy atom. The minimum Gasteiger partial charge on any atom is -0.387 e. The zero-order chi connectivity index (χ0) is 43.6. The van der Waals surface area contributed by atoms with Crippen molar-refractivity contribution in [2.45, 2.75) is 251 Å². The lowest BCUT2D eigenvalue weighted by Gasteiger charge is -2.25. The minimum absolute atomic E-state index is 0.0609. The SMILES string of the molecule is CCC/C=C\CCCCCCCC(=O)NC(COP(=O)(O)OCC[N+](C)(C)C)C(O)/C=C/CCCCCCCCCCCCCCCCCCCCCCCCCCC. The lowest BCUT2D eigenvalue weighted by Crippen LogP contribution is -2.45. The largest absolute Gasteiger partial charge is 0.472 e. The van der Waals surface area contributed by atoms with Crippen LogP contribution in [-0.4, -0.2) is 73.4 Å². The lowest BCUT2D eigenvalue weighted by atomic mass is 10.0. The predicted molar refractivity (Wildman–Crippen MR) is 254 cm³/mol. The van der Waals surface area contributed by atoms with Crippen molar-refractivity contribution in [1.82, 2.24) is 5.32 Å². The van der Waals surface area contributed by atoms with Gasteiger partial charge >= 0.3 is 7.82 Å². The first-order valence-corrected chi connectivity index (χ1v) is 26.7. The van der Waals surface area contributed by atoms with E-state index in [-0.39, 0.29) is 19.1 Å². The molecule has 0 saturated heterocycles. The highest BCUT2D eigenvalue weighted by molar-refractivity contribution is 7.47. The second-order valence-electron chi connectivity index (χ2n) is 18.5. The minimum atomic E-state index is -4.34. The topological polar surface area (TPSA) is 105 Å². The molecule has 0 fully saturated rings. The van der Waals surface area contributed by atoms with E-state index < -0.39 is 20.0 Å². The van der Waals surface area contributed by atoms with E-state index in [0.29, 0.717) is 17.4 Å². The summed E-state index contributed by atoms with van der Waals surface area (Å²) in [6.45, 7) is 4.76. The zero-order valence-corrected chi connectivity index (χ0v) is 40.7. The molecule has 0 heterocycles. The first kappa shape index (κ1) is 58.0. The van der Waals surface area contributed by atoms with Crippen LogP contribution in [0.25, 0.3) is 0 Å². The fourth-order valence-corrected chi connectivity index (χ4v) is 8.13. The molecule has 3 N–H and O–H groups in total. The molecule has 0 aliphatic carbocycles. The Morgan fingerprint density at radius 1 is 0.559 bits per heavy atom. The molecule has 0 radical (unpaired) electrons. The van der Waals surface area contributed by atoms with Crippen LogP contribution in [0.15, 0.2) is 24.3 Å². The number of nitrogens with zero attached hydrogens (tertiary/aromatic N) is 1. The van der Waals surface area contributed by atoms with Crippen LogP contribution in [0.5, 0.6) is 0 Å². The Balaban J connectivity index is 4.13. The predicted octanol–water partition coefficient (Wildman–Crippen LogP) is 14.5. The number of likely N-dealkylation sites (N-methyl/N-ethyl adjacent to an activating group) is 1. The van der Waals surface area contributed by atoms with Crippen molar-refractivity contribution in [3.8, 4) is 0 Å². The third kappa shape index (κ3) is 44.8. The normalized spacial score (nSPS) is 14.4. The summed E-state index contributed by atoms with van der Waals surface area (Å²) in [5.41, 5.74) is 0. The van der Waals surface area contributed by atoms with Crippen molar-refractivity contribution in [3.05, 3.63) is 24.3 Å². The fraction of sp³-hybridized carbons (Fsp3) is 0.900. The van der Waals surface area contributed by atoms with Crippen LogP contribution in [0.4, 0.5) is 0 Å². The molecular formula is C50H100N2O6P+. The first-order valence-electron chi connectivity index (χ1n) is 25.2. The van der Waals surface area contributed by atoms with Gasteiger partial charge in [-0.1, -0.05) is 218 Å². The van der Waals surface area contributed by atoms with Crippen LogP contribution in [0.3, 0.4) is 0 Å². The number of rotatable bonds is 46. The number of phosphoric acid groups is 1. The first-order chi connectivity index (χ1) is 28.5. The molecule has 0 aliphatic rings. The van der Waals surface area contributed by atoms with E-state index in [2.05, 4.69) is 31.3 Å². The van der Waals surface area contributed by atoms with Gasteiger partial charge in [-0.2, -0.15) is 0 Å². The quantitative estimate of drug-likeness (QED) is 0.0244. The van der Waals surface area contributed by atoms with Crippen molar-refractivity contribution in [3.63, 3.8) is 0 Å². The molecule has 9 heteroatoms. The third-order valence-electron chi connectivity index (χ3n) is 11.4. The van der Waals surface area contributed by atoms with Crippen LogP contribution in [0.1, 0.15) is 239 Å². The van der Waals surface area contributed by atoms with E-state index in [9.17, 15) is 19.4 Å². The standard InChI is InChI=1S/C50H99N2O6P/c1-6-8-10-12-14-16-18-19-20-21-22-23-24-25-26-27-28-29-30-31-32-33-34-35-37-39-41-43-49(53)48(47-58-59(55,56)57-46-45-52(3,4)5)51-50(54)44-42-40-38-36-17-15-13-11-9-7-2/h11,13,41,43,48-49,53H,6-10,12,14-40,42,44-47H2,1-5H3,(H-,51,54,55,56)/p+1/b13-11-,43-41+. The number of amides is 1. The Bertz CT molecular complexity index is 1020. The van der Waals surface area contributed by atoms with Gasteiger partial charge in [-0.25, -0.2) is 4.57 Å². The number of carbonyl (C=O) groups excluding carboxylic acids is 1. The molecule has 0 spiro atoms.